The largest absolute Gasteiger partial charge is 0.481 e. The number of hydrogen-bond acceptors (Lipinski definition) is 3. The lowest BCUT2D eigenvalue weighted by atomic mass is 9.88. The number of carbonyl (C=O) groups excluding carboxylic acids is 1. The maximum atomic E-state index is 11.4. The van der Waals surface area contributed by atoms with E-state index in [4.69, 9.17) is 9.84 Å². The first-order valence-corrected chi connectivity index (χ1v) is 4.79. The quantitative estimate of drug-likeness (QED) is 0.667. The Morgan fingerprint density at radius 3 is 2.36 bits per heavy atom. The molecular weight excluding hydrogens is 184 g/mol. The van der Waals surface area contributed by atoms with Crippen molar-refractivity contribution < 1.29 is 19.4 Å². The van der Waals surface area contributed by atoms with Crippen LogP contribution in [0.1, 0.15) is 40.0 Å². The second kappa shape index (κ2) is 5.62. The third kappa shape index (κ3) is 4.84. The average Bonchev–Trinajstić information content (AvgIpc) is 2.03. The molecule has 14 heavy (non-hydrogen) atoms. The minimum atomic E-state index is -0.953. The van der Waals surface area contributed by atoms with Gasteiger partial charge >= 0.3 is 11.9 Å². The van der Waals surface area contributed by atoms with Crippen LogP contribution in [0.4, 0.5) is 0 Å². The molecule has 0 saturated carbocycles. The van der Waals surface area contributed by atoms with Gasteiger partial charge in [0.05, 0.1) is 11.8 Å². The van der Waals surface area contributed by atoms with Crippen molar-refractivity contribution in [3.05, 3.63) is 0 Å². The first-order valence-electron chi connectivity index (χ1n) is 4.79. The summed E-state index contributed by atoms with van der Waals surface area (Å²) >= 11 is 0. The molecule has 4 nitrogen and oxygen atoms in total. The van der Waals surface area contributed by atoms with Crippen LogP contribution in [0.3, 0.4) is 0 Å². The molecular formula is C10H18O4. The first kappa shape index (κ1) is 12.9. The van der Waals surface area contributed by atoms with Gasteiger partial charge < -0.3 is 9.84 Å². The van der Waals surface area contributed by atoms with E-state index < -0.39 is 11.4 Å². The summed E-state index contributed by atoms with van der Waals surface area (Å²) in [4.78, 5) is 21.6. The van der Waals surface area contributed by atoms with Crippen LogP contribution < -0.4 is 0 Å². The zero-order valence-corrected chi connectivity index (χ0v) is 9.00. The van der Waals surface area contributed by atoms with Crippen LogP contribution in [0, 0.1) is 5.41 Å². The topological polar surface area (TPSA) is 63.6 Å². The van der Waals surface area contributed by atoms with Crippen molar-refractivity contribution in [3.63, 3.8) is 0 Å². The van der Waals surface area contributed by atoms with E-state index in [1.54, 1.807) is 13.8 Å². The Bertz CT molecular complexity index is 208. The van der Waals surface area contributed by atoms with Crippen molar-refractivity contribution >= 4 is 11.9 Å². The summed E-state index contributed by atoms with van der Waals surface area (Å²) in [5.41, 5.74) is -0.507. The van der Waals surface area contributed by atoms with Crippen LogP contribution in [-0.2, 0) is 14.3 Å². The highest BCUT2D eigenvalue weighted by Gasteiger charge is 2.28. The van der Waals surface area contributed by atoms with E-state index >= 15 is 0 Å². The van der Waals surface area contributed by atoms with Gasteiger partial charge in [-0.1, -0.05) is 13.3 Å². The zero-order valence-electron chi connectivity index (χ0n) is 9.00. The number of hydrogen-bond donors (Lipinski definition) is 1. The fourth-order valence-corrected chi connectivity index (χ4v) is 1.15. The maximum Gasteiger partial charge on any atom is 0.311 e. The molecule has 4 heteroatoms. The fraction of sp³-hybridized carbons (Fsp3) is 0.800. The number of esters is 1. The highest BCUT2D eigenvalue weighted by Crippen LogP contribution is 2.23. The van der Waals surface area contributed by atoms with E-state index in [2.05, 4.69) is 0 Å². The van der Waals surface area contributed by atoms with Crippen LogP contribution in [0.5, 0.6) is 0 Å². The Balaban J connectivity index is 3.88. The molecule has 0 aromatic heterocycles. The Hall–Kier alpha value is -1.06. The Labute approximate surface area is 84.3 Å². The van der Waals surface area contributed by atoms with Crippen LogP contribution in [0.25, 0.3) is 0 Å². The number of aliphatic carboxylic acids is 1. The second-order valence-electron chi connectivity index (χ2n) is 3.91. The van der Waals surface area contributed by atoms with Gasteiger partial charge in [-0.25, -0.2) is 0 Å². The lowest BCUT2D eigenvalue weighted by Gasteiger charge is -2.21. The third-order valence-corrected chi connectivity index (χ3v) is 1.98. The summed E-state index contributed by atoms with van der Waals surface area (Å²) in [5, 5.41) is 8.34. The van der Waals surface area contributed by atoms with Gasteiger partial charge in [0.15, 0.2) is 0 Å². The maximum absolute atomic E-state index is 11.4. The van der Waals surface area contributed by atoms with Gasteiger partial charge in [-0.3, -0.25) is 9.59 Å². The van der Waals surface area contributed by atoms with E-state index in [0.29, 0.717) is 0 Å². The van der Waals surface area contributed by atoms with E-state index in [1.165, 1.54) is 0 Å². The molecule has 0 spiro atoms. The van der Waals surface area contributed by atoms with Gasteiger partial charge in [-0.15, -0.1) is 0 Å². The number of carboxylic acids is 1. The van der Waals surface area contributed by atoms with Crippen LogP contribution >= 0.6 is 0 Å². The number of carbonyl (C=O) groups is 2. The van der Waals surface area contributed by atoms with E-state index in [0.717, 1.165) is 12.8 Å². The first-order chi connectivity index (χ1) is 6.40. The SMILES string of the molecule is CCCC(C)(C)C(=O)OCCC(=O)O. The molecule has 0 bridgehead atoms. The van der Waals surface area contributed by atoms with Crippen molar-refractivity contribution in [2.75, 3.05) is 6.61 Å². The minimum absolute atomic E-state index is 0.0404. The molecule has 0 aliphatic rings. The van der Waals surface area contributed by atoms with E-state index in [9.17, 15) is 9.59 Å². The molecule has 0 saturated heterocycles. The van der Waals surface area contributed by atoms with Crippen molar-refractivity contribution in [2.24, 2.45) is 5.41 Å². The average molecular weight is 202 g/mol. The van der Waals surface area contributed by atoms with Crippen molar-refractivity contribution in [3.8, 4) is 0 Å². The molecule has 82 valence electrons. The van der Waals surface area contributed by atoms with Gasteiger partial charge in [0.25, 0.3) is 0 Å². The third-order valence-electron chi connectivity index (χ3n) is 1.98. The predicted octanol–water partition coefficient (Wildman–Crippen LogP) is 1.83. The molecule has 0 atom stereocenters. The summed E-state index contributed by atoms with van der Waals surface area (Å²) < 4.78 is 4.85. The second-order valence-corrected chi connectivity index (χ2v) is 3.91. The highest BCUT2D eigenvalue weighted by atomic mass is 16.5. The molecule has 1 N–H and O–H groups in total. The van der Waals surface area contributed by atoms with Gasteiger partial charge in [0.1, 0.15) is 6.61 Å². The highest BCUT2D eigenvalue weighted by molar-refractivity contribution is 5.76. The van der Waals surface area contributed by atoms with Crippen molar-refractivity contribution in [2.45, 2.75) is 40.0 Å². The molecule has 0 rings (SSSR count). The normalized spacial score (nSPS) is 11.1. The number of ether oxygens (including phenoxy) is 1. The van der Waals surface area contributed by atoms with Crippen LogP contribution in [-0.4, -0.2) is 23.7 Å². The Morgan fingerprint density at radius 2 is 1.93 bits per heavy atom. The summed E-state index contributed by atoms with van der Waals surface area (Å²) in [7, 11) is 0. The predicted molar refractivity (Wildman–Crippen MR) is 51.9 cm³/mol. The van der Waals surface area contributed by atoms with E-state index in [1.807, 2.05) is 6.92 Å². The molecule has 0 amide bonds. The molecule has 0 aliphatic carbocycles. The molecule has 0 aromatic rings. The van der Waals surface area contributed by atoms with Gasteiger partial charge in [0, 0.05) is 0 Å². The van der Waals surface area contributed by atoms with Crippen molar-refractivity contribution in [1.29, 1.82) is 0 Å². The number of carboxylic acid groups (broad SMARTS) is 1. The molecule has 0 fully saturated rings. The summed E-state index contributed by atoms with van der Waals surface area (Å²) in [6, 6.07) is 0. The molecule has 0 heterocycles. The standard InChI is InChI=1S/C10H18O4/c1-4-6-10(2,3)9(13)14-7-5-8(11)12/h4-7H2,1-3H3,(H,11,12). The lowest BCUT2D eigenvalue weighted by Crippen LogP contribution is -2.27. The molecule has 0 radical (unpaired) electrons. The minimum Gasteiger partial charge on any atom is -0.481 e. The zero-order chi connectivity index (χ0) is 11.2. The van der Waals surface area contributed by atoms with Gasteiger partial charge in [-0.05, 0) is 20.3 Å². The smallest absolute Gasteiger partial charge is 0.311 e. The molecule has 0 aromatic carbocycles. The summed E-state index contributed by atoms with van der Waals surface area (Å²) in [6.07, 6.45) is 1.52. The van der Waals surface area contributed by atoms with Crippen molar-refractivity contribution in [1.82, 2.24) is 0 Å². The van der Waals surface area contributed by atoms with E-state index in [-0.39, 0.29) is 19.0 Å². The molecule has 0 unspecified atom stereocenters. The Kier molecular flexibility index (Phi) is 5.20. The summed E-state index contributed by atoms with van der Waals surface area (Å²) in [5.74, 6) is -1.27. The van der Waals surface area contributed by atoms with Crippen LogP contribution in [0.2, 0.25) is 0 Å². The Morgan fingerprint density at radius 1 is 1.36 bits per heavy atom. The monoisotopic (exact) mass is 202 g/mol. The lowest BCUT2D eigenvalue weighted by molar-refractivity contribution is -0.155. The molecule has 0 aliphatic heterocycles. The van der Waals surface area contributed by atoms with Gasteiger partial charge in [0.2, 0.25) is 0 Å². The fourth-order valence-electron chi connectivity index (χ4n) is 1.15. The summed E-state index contributed by atoms with van der Waals surface area (Å²) in [6.45, 7) is 5.56. The number of rotatable bonds is 6. The van der Waals surface area contributed by atoms with Crippen LogP contribution in [0.15, 0.2) is 0 Å². The van der Waals surface area contributed by atoms with Gasteiger partial charge in [-0.2, -0.15) is 0 Å².